The first kappa shape index (κ1) is 15.2. The summed E-state index contributed by atoms with van der Waals surface area (Å²) >= 11 is 0. The molecule has 0 radical (unpaired) electrons. The van der Waals surface area contributed by atoms with Gasteiger partial charge in [0.05, 0.1) is 18.6 Å². The van der Waals surface area contributed by atoms with Crippen LogP contribution in [0.1, 0.15) is 41.7 Å². The normalized spacial score (nSPS) is 25.2. The molecule has 0 bridgehead atoms. The lowest BCUT2D eigenvalue weighted by Gasteiger charge is -2.43. The van der Waals surface area contributed by atoms with Gasteiger partial charge < -0.3 is 15.2 Å². The van der Waals surface area contributed by atoms with Crippen molar-refractivity contribution >= 4 is 11.7 Å². The molecule has 0 spiro atoms. The van der Waals surface area contributed by atoms with Crippen LogP contribution in [0.5, 0.6) is 0 Å². The molecule has 2 N–H and O–H groups in total. The average Bonchev–Trinajstić information content (AvgIpc) is 2.61. The summed E-state index contributed by atoms with van der Waals surface area (Å²) in [5.41, 5.74) is 4.42. The second kappa shape index (κ2) is 6.29. The molecule has 0 aromatic heterocycles. The molecule has 1 saturated heterocycles. The Morgan fingerprint density at radius 3 is 2.75 bits per heavy atom. The minimum absolute atomic E-state index is 0.0658. The van der Waals surface area contributed by atoms with Crippen LogP contribution in [-0.4, -0.2) is 17.7 Å². The predicted molar refractivity (Wildman–Crippen MR) is 92.0 cm³/mol. The van der Waals surface area contributed by atoms with Crippen molar-refractivity contribution < 1.29 is 14.6 Å². The van der Waals surface area contributed by atoms with E-state index in [1.54, 1.807) is 0 Å². The second-order valence-electron chi connectivity index (χ2n) is 6.62. The molecule has 1 fully saturated rings. The third-order valence-electron chi connectivity index (χ3n) is 5.07. The van der Waals surface area contributed by atoms with Gasteiger partial charge in [0.2, 0.25) is 0 Å². The minimum atomic E-state index is -0.798. The van der Waals surface area contributed by atoms with Crippen molar-refractivity contribution in [2.75, 3.05) is 11.9 Å². The predicted octanol–water partition coefficient (Wildman–Crippen LogP) is 3.95. The number of anilines is 1. The summed E-state index contributed by atoms with van der Waals surface area (Å²) in [6.45, 7) is 0.819. The van der Waals surface area contributed by atoms with Gasteiger partial charge in [-0.1, -0.05) is 42.5 Å². The van der Waals surface area contributed by atoms with E-state index in [0.29, 0.717) is 5.92 Å². The first-order valence-corrected chi connectivity index (χ1v) is 8.50. The molecule has 124 valence electrons. The van der Waals surface area contributed by atoms with Crippen molar-refractivity contribution in [1.82, 2.24) is 0 Å². The van der Waals surface area contributed by atoms with Crippen LogP contribution in [0.3, 0.4) is 0 Å². The number of ether oxygens (including phenoxy) is 1. The van der Waals surface area contributed by atoms with E-state index < -0.39 is 5.97 Å². The maximum Gasteiger partial charge on any atom is 0.307 e. The Balaban J connectivity index is 1.66. The number of para-hydroxylation sites is 1. The highest BCUT2D eigenvalue weighted by Gasteiger charge is 2.39. The van der Waals surface area contributed by atoms with E-state index in [2.05, 4.69) is 35.6 Å². The third kappa shape index (κ3) is 2.78. The van der Waals surface area contributed by atoms with Gasteiger partial charge in [0, 0.05) is 23.8 Å². The number of benzene rings is 2. The molecule has 0 aliphatic carbocycles. The summed E-state index contributed by atoms with van der Waals surface area (Å²) in [5.74, 6) is -0.396. The van der Waals surface area contributed by atoms with Crippen molar-refractivity contribution in [3.63, 3.8) is 0 Å². The molecule has 4 rings (SSSR count). The van der Waals surface area contributed by atoms with Crippen molar-refractivity contribution in [1.29, 1.82) is 0 Å². The summed E-state index contributed by atoms with van der Waals surface area (Å²) < 4.78 is 6.12. The second-order valence-corrected chi connectivity index (χ2v) is 6.62. The fraction of sp³-hybridized carbons (Fsp3) is 0.350. The molecular formula is C20H21NO3. The van der Waals surface area contributed by atoms with Crippen LogP contribution in [0.15, 0.2) is 48.5 Å². The van der Waals surface area contributed by atoms with Gasteiger partial charge >= 0.3 is 5.97 Å². The Labute approximate surface area is 141 Å². The van der Waals surface area contributed by atoms with E-state index in [9.17, 15) is 4.79 Å². The third-order valence-corrected chi connectivity index (χ3v) is 5.07. The fourth-order valence-corrected chi connectivity index (χ4v) is 3.97. The SMILES string of the molecule is O=C(O)Cc1ccc([C@H]2Nc3ccccc3[C@H]3OCCC[C@@H]23)cc1. The van der Waals surface area contributed by atoms with Crippen molar-refractivity contribution in [3.8, 4) is 0 Å². The topological polar surface area (TPSA) is 58.6 Å². The molecule has 4 nitrogen and oxygen atoms in total. The number of hydrogen-bond acceptors (Lipinski definition) is 3. The Bertz CT molecular complexity index is 741. The number of hydrogen-bond donors (Lipinski definition) is 2. The van der Waals surface area contributed by atoms with Crippen LogP contribution in [-0.2, 0) is 16.0 Å². The molecule has 2 aliphatic rings. The molecule has 0 unspecified atom stereocenters. The van der Waals surface area contributed by atoms with Gasteiger partial charge in [-0.2, -0.15) is 0 Å². The molecule has 2 heterocycles. The van der Waals surface area contributed by atoms with Crippen LogP contribution >= 0.6 is 0 Å². The lowest BCUT2D eigenvalue weighted by atomic mass is 9.77. The van der Waals surface area contributed by atoms with Gasteiger partial charge in [-0.15, -0.1) is 0 Å². The highest BCUT2D eigenvalue weighted by atomic mass is 16.5. The smallest absolute Gasteiger partial charge is 0.307 e. The van der Waals surface area contributed by atoms with Crippen molar-refractivity contribution in [3.05, 3.63) is 65.2 Å². The summed E-state index contributed by atoms with van der Waals surface area (Å²) in [5, 5.41) is 12.6. The van der Waals surface area contributed by atoms with Crippen LogP contribution < -0.4 is 5.32 Å². The molecule has 0 saturated carbocycles. The zero-order valence-corrected chi connectivity index (χ0v) is 13.4. The summed E-state index contributed by atoms with van der Waals surface area (Å²) in [6, 6.07) is 16.5. The maximum atomic E-state index is 10.9. The van der Waals surface area contributed by atoms with Crippen LogP contribution in [0.4, 0.5) is 5.69 Å². The molecule has 2 aromatic carbocycles. The van der Waals surface area contributed by atoms with Crippen LogP contribution in [0.2, 0.25) is 0 Å². The lowest BCUT2D eigenvalue weighted by molar-refractivity contribution is -0.136. The Morgan fingerprint density at radius 2 is 1.96 bits per heavy atom. The van der Waals surface area contributed by atoms with Gasteiger partial charge in [-0.05, 0) is 30.0 Å². The summed E-state index contributed by atoms with van der Waals surface area (Å²) in [7, 11) is 0. The number of nitrogens with one attached hydrogen (secondary N) is 1. The van der Waals surface area contributed by atoms with Gasteiger partial charge in [0.1, 0.15) is 0 Å². The first-order chi connectivity index (χ1) is 11.7. The van der Waals surface area contributed by atoms with Crippen molar-refractivity contribution in [2.45, 2.75) is 31.4 Å². The molecule has 4 heteroatoms. The van der Waals surface area contributed by atoms with E-state index in [4.69, 9.17) is 9.84 Å². The molecule has 24 heavy (non-hydrogen) atoms. The maximum absolute atomic E-state index is 10.9. The number of fused-ring (bicyclic) bond motifs is 3. The monoisotopic (exact) mass is 323 g/mol. The number of aliphatic carboxylic acids is 1. The zero-order chi connectivity index (χ0) is 16.5. The highest BCUT2D eigenvalue weighted by molar-refractivity contribution is 5.70. The molecule has 0 amide bonds. The largest absolute Gasteiger partial charge is 0.481 e. The number of carboxylic acids is 1. The Kier molecular flexibility index (Phi) is 3.98. The number of carbonyl (C=O) groups is 1. The molecular weight excluding hydrogens is 302 g/mol. The van der Waals surface area contributed by atoms with Gasteiger partial charge in [0.25, 0.3) is 0 Å². The van der Waals surface area contributed by atoms with Gasteiger partial charge in [0.15, 0.2) is 0 Å². The lowest BCUT2D eigenvalue weighted by Crippen LogP contribution is -2.35. The van der Waals surface area contributed by atoms with Crippen LogP contribution in [0, 0.1) is 5.92 Å². The standard InChI is InChI=1S/C20H21NO3/c22-18(23)12-13-7-9-14(10-8-13)19-16-5-3-11-24-20(16)15-4-1-2-6-17(15)21-19/h1-2,4,6-10,16,19-21H,3,5,11-12H2,(H,22,23)/t16-,19+,20+/m0/s1. The van der Waals surface area contributed by atoms with E-state index in [1.165, 1.54) is 11.1 Å². The van der Waals surface area contributed by atoms with E-state index >= 15 is 0 Å². The van der Waals surface area contributed by atoms with E-state index in [0.717, 1.165) is 30.7 Å². The molecule has 3 atom stereocenters. The van der Waals surface area contributed by atoms with Gasteiger partial charge in [-0.3, -0.25) is 4.79 Å². The Morgan fingerprint density at radius 1 is 1.17 bits per heavy atom. The van der Waals surface area contributed by atoms with E-state index in [1.807, 2.05) is 18.2 Å². The Hall–Kier alpha value is -2.33. The summed E-state index contributed by atoms with van der Waals surface area (Å²) in [6.07, 6.45) is 2.42. The zero-order valence-electron chi connectivity index (χ0n) is 13.4. The van der Waals surface area contributed by atoms with Gasteiger partial charge in [-0.25, -0.2) is 0 Å². The highest BCUT2D eigenvalue weighted by Crippen LogP contribution is 2.48. The summed E-state index contributed by atoms with van der Waals surface area (Å²) in [4.78, 5) is 10.9. The molecule has 2 aliphatic heterocycles. The number of carboxylic acid groups (broad SMARTS) is 1. The quantitative estimate of drug-likeness (QED) is 0.898. The number of rotatable bonds is 3. The minimum Gasteiger partial charge on any atom is -0.481 e. The first-order valence-electron chi connectivity index (χ1n) is 8.50. The average molecular weight is 323 g/mol. The van der Waals surface area contributed by atoms with Crippen molar-refractivity contribution in [2.24, 2.45) is 5.92 Å². The van der Waals surface area contributed by atoms with Crippen LogP contribution in [0.25, 0.3) is 0 Å². The van der Waals surface area contributed by atoms with E-state index in [-0.39, 0.29) is 18.6 Å². The molecule has 2 aromatic rings. The fourth-order valence-electron chi connectivity index (χ4n) is 3.97.